The summed E-state index contributed by atoms with van der Waals surface area (Å²) in [5.74, 6) is 6.68. The minimum Gasteiger partial charge on any atom is -0.381 e. The first kappa shape index (κ1) is 13.5. The molecule has 0 aromatic carbocycles. The van der Waals surface area contributed by atoms with Gasteiger partial charge in [0.1, 0.15) is 11.9 Å². The van der Waals surface area contributed by atoms with Crippen LogP contribution < -0.4 is 11.3 Å². The molecule has 1 unspecified atom stereocenters. The number of hydrogen-bond acceptors (Lipinski definition) is 5. The fourth-order valence-corrected chi connectivity index (χ4v) is 2.64. The first-order chi connectivity index (χ1) is 8.77. The highest BCUT2D eigenvalue weighted by Gasteiger charge is 2.43. The van der Waals surface area contributed by atoms with E-state index in [1.54, 1.807) is 13.3 Å². The molecule has 1 aliphatic heterocycles. The largest absolute Gasteiger partial charge is 0.381 e. The summed E-state index contributed by atoms with van der Waals surface area (Å²) in [6.07, 6.45) is 5.39. The van der Waals surface area contributed by atoms with E-state index in [4.69, 9.17) is 15.3 Å². The lowest BCUT2D eigenvalue weighted by molar-refractivity contribution is -0.113. The zero-order valence-electron chi connectivity index (χ0n) is 11.1. The predicted octanol–water partition coefficient (Wildman–Crippen LogP) is 0.603. The van der Waals surface area contributed by atoms with Crippen molar-refractivity contribution in [1.82, 2.24) is 15.0 Å². The zero-order chi connectivity index (χ0) is 13.0. The molecule has 0 spiro atoms. The van der Waals surface area contributed by atoms with E-state index in [0.717, 1.165) is 25.2 Å². The highest BCUT2D eigenvalue weighted by Crippen LogP contribution is 2.36. The molecule has 18 heavy (non-hydrogen) atoms. The number of imidazole rings is 1. The van der Waals surface area contributed by atoms with Gasteiger partial charge in [-0.05, 0) is 6.92 Å². The first-order valence-corrected chi connectivity index (χ1v) is 6.37. The molecule has 1 aromatic rings. The first-order valence-electron chi connectivity index (χ1n) is 6.37. The summed E-state index contributed by atoms with van der Waals surface area (Å²) < 4.78 is 13.3. The monoisotopic (exact) mass is 254 g/mol. The highest BCUT2D eigenvalue weighted by atomic mass is 16.5. The van der Waals surface area contributed by atoms with Gasteiger partial charge in [-0.25, -0.2) is 10.4 Å². The van der Waals surface area contributed by atoms with Crippen LogP contribution in [0.2, 0.25) is 0 Å². The van der Waals surface area contributed by atoms with E-state index in [1.807, 2.05) is 6.20 Å². The van der Waals surface area contributed by atoms with E-state index in [9.17, 15) is 0 Å². The third kappa shape index (κ3) is 2.29. The topological polar surface area (TPSA) is 74.3 Å². The minimum atomic E-state index is -0.342. The number of nitrogens with two attached hydrogens (primary N) is 1. The van der Waals surface area contributed by atoms with Crippen LogP contribution in [0.3, 0.4) is 0 Å². The third-order valence-corrected chi connectivity index (χ3v) is 3.79. The van der Waals surface area contributed by atoms with Gasteiger partial charge in [-0.15, -0.1) is 0 Å². The second-order valence-corrected chi connectivity index (χ2v) is 4.55. The highest BCUT2D eigenvalue weighted by molar-refractivity contribution is 5.08. The molecule has 2 heterocycles. The maximum Gasteiger partial charge on any atom is 0.130 e. The summed E-state index contributed by atoms with van der Waals surface area (Å²) in [6.45, 7) is 4.34. The molecule has 3 N–H and O–H groups in total. The lowest BCUT2D eigenvalue weighted by Crippen LogP contribution is -2.52. The van der Waals surface area contributed by atoms with Gasteiger partial charge < -0.3 is 14.0 Å². The predicted molar refractivity (Wildman–Crippen MR) is 67.8 cm³/mol. The average Bonchev–Trinajstić information content (AvgIpc) is 2.89. The molecule has 0 amide bonds. The average molecular weight is 254 g/mol. The van der Waals surface area contributed by atoms with Crippen molar-refractivity contribution in [2.24, 2.45) is 5.84 Å². The minimum absolute atomic E-state index is 0.124. The van der Waals surface area contributed by atoms with Crippen molar-refractivity contribution in [2.75, 3.05) is 20.3 Å². The van der Waals surface area contributed by atoms with E-state index < -0.39 is 0 Å². The second kappa shape index (κ2) is 5.79. The molecule has 0 bridgehead atoms. The van der Waals surface area contributed by atoms with Crippen molar-refractivity contribution in [3.8, 4) is 0 Å². The standard InChI is InChI=1S/C12H22N4O2/c1-3-16-7-6-14-11(16)10(15-13)12(17-2)4-8-18-9-5-12/h6-7,10,15H,3-5,8-9,13H2,1-2H3. The molecule has 2 rings (SSSR count). The van der Waals surface area contributed by atoms with Gasteiger partial charge >= 0.3 is 0 Å². The van der Waals surface area contributed by atoms with Crippen LogP contribution in [-0.4, -0.2) is 35.5 Å². The van der Waals surface area contributed by atoms with Gasteiger partial charge in [-0.1, -0.05) is 0 Å². The Morgan fingerprint density at radius 3 is 2.89 bits per heavy atom. The summed E-state index contributed by atoms with van der Waals surface area (Å²) in [7, 11) is 1.73. The van der Waals surface area contributed by atoms with E-state index in [2.05, 4.69) is 21.9 Å². The summed E-state index contributed by atoms with van der Waals surface area (Å²) in [4.78, 5) is 4.43. The Bertz CT molecular complexity index is 374. The number of rotatable bonds is 5. The third-order valence-electron chi connectivity index (χ3n) is 3.79. The maximum atomic E-state index is 5.78. The van der Waals surface area contributed by atoms with Crippen molar-refractivity contribution < 1.29 is 9.47 Å². The molecule has 1 aromatic heterocycles. The molecule has 0 aliphatic carbocycles. The van der Waals surface area contributed by atoms with Gasteiger partial charge in [0.2, 0.25) is 0 Å². The number of nitrogens with zero attached hydrogens (tertiary/aromatic N) is 2. The number of ether oxygens (including phenoxy) is 2. The number of hydrogen-bond donors (Lipinski definition) is 2. The van der Waals surface area contributed by atoms with Gasteiger partial charge in [-0.2, -0.15) is 0 Å². The zero-order valence-corrected chi connectivity index (χ0v) is 11.1. The van der Waals surface area contributed by atoms with Crippen LogP contribution in [0.25, 0.3) is 0 Å². The lowest BCUT2D eigenvalue weighted by atomic mass is 9.85. The van der Waals surface area contributed by atoms with Crippen molar-refractivity contribution in [1.29, 1.82) is 0 Å². The Morgan fingerprint density at radius 1 is 1.61 bits per heavy atom. The maximum absolute atomic E-state index is 5.78. The van der Waals surface area contributed by atoms with Gasteiger partial charge in [0, 0.05) is 52.1 Å². The molecule has 1 saturated heterocycles. The summed E-state index contributed by atoms with van der Waals surface area (Å²) in [5.41, 5.74) is 2.53. The van der Waals surface area contributed by atoms with Gasteiger partial charge in [0.05, 0.1) is 5.60 Å². The van der Waals surface area contributed by atoms with Gasteiger partial charge in [0.15, 0.2) is 0 Å². The molecular weight excluding hydrogens is 232 g/mol. The molecule has 1 aliphatic rings. The van der Waals surface area contributed by atoms with E-state index in [1.165, 1.54) is 0 Å². The molecule has 0 saturated carbocycles. The van der Waals surface area contributed by atoms with Crippen LogP contribution in [0, 0.1) is 0 Å². The number of hydrazine groups is 1. The van der Waals surface area contributed by atoms with Gasteiger partial charge in [0.25, 0.3) is 0 Å². The van der Waals surface area contributed by atoms with Crippen molar-refractivity contribution in [3.63, 3.8) is 0 Å². The Morgan fingerprint density at radius 2 is 2.33 bits per heavy atom. The molecule has 0 radical (unpaired) electrons. The van der Waals surface area contributed by atoms with Gasteiger partial charge in [-0.3, -0.25) is 5.84 Å². The van der Waals surface area contributed by atoms with Crippen LogP contribution in [0.4, 0.5) is 0 Å². The summed E-state index contributed by atoms with van der Waals surface area (Å²) in [5, 5.41) is 0. The SMILES string of the molecule is CCn1ccnc1C(NN)C1(OC)CCOCC1. The molecule has 102 valence electrons. The summed E-state index contributed by atoms with van der Waals surface area (Å²) in [6, 6.07) is -0.124. The van der Waals surface area contributed by atoms with Crippen LogP contribution in [-0.2, 0) is 16.0 Å². The van der Waals surface area contributed by atoms with E-state index >= 15 is 0 Å². The quantitative estimate of drug-likeness (QED) is 0.594. The lowest BCUT2D eigenvalue weighted by Gasteiger charge is -2.41. The van der Waals surface area contributed by atoms with Crippen molar-refractivity contribution in [2.45, 2.75) is 38.0 Å². The van der Waals surface area contributed by atoms with Crippen LogP contribution in [0.15, 0.2) is 12.4 Å². The van der Waals surface area contributed by atoms with Crippen molar-refractivity contribution in [3.05, 3.63) is 18.2 Å². The number of aryl methyl sites for hydroxylation is 1. The summed E-state index contributed by atoms with van der Waals surface area (Å²) >= 11 is 0. The number of nitrogens with one attached hydrogen (secondary N) is 1. The van der Waals surface area contributed by atoms with Crippen molar-refractivity contribution >= 4 is 0 Å². The van der Waals surface area contributed by atoms with E-state index in [0.29, 0.717) is 13.2 Å². The number of methoxy groups -OCH3 is 1. The molecule has 6 heteroatoms. The Hall–Kier alpha value is -0.950. The molecule has 6 nitrogen and oxygen atoms in total. The molecular formula is C12H22N4O2. The molecule has 1 fully saturated rings. The fourth-order valence-electron chi connectivity index (χ4n) is 2.64. The van der Waals surface area contributed by atoms with Crippen LogP contribution in [0.1, 0.15) is 31.6 Å². The normalized spacial score (nSPS) is 20.8. The molecule has 1 atom stereocenters. The van der Waals surface area contributed by atoms with Crippen LogP contribution in [0.5, 0.6) is 0 Å². The Kier molecular flexibility index (Phi) is 4.34. The smallest absolute Gasteiger partial charge is 0.130 e. The second-order valence-electron chi connectivity index (χ2n) is 4.55. The Balaban J connectivity index is 2.31. The Labute approximate surface area is 107 Å². The van der Waals surface area contributed by atoms with Crippen LogP contribution >= 0.6 is 0 Å². The van der Waals surface area contributed by atoms with E-state index in [-0.39, 0.29) is 11.6 Å². The number of aromatic nitrogens is 2. The fraction of sp³-hybridized carbons (Fsp3) is 0.750.